The Morgan fingerprint density at radius 3 is 2.81 bits per heavy atom. The predicted molar refractivity (Wildman–Crippen MR) is 107 cm³/mol. The third-order valence-corrected chi connectivity index (χ3v) is 5.84. The second-order valence-corrected chi connectivity index (χ2v) is 8.21. The molecular formula is C21H23N3O2S. The minimum Gasteiger partial charge on any atom is -0.497 e. The fraction of sp³-hybridized carbons (Fsp3) is 0.381. The molecule has 0 saturated carbocycles. The molecule has 1 aliphatic rings. The van der Waals surface area contributed by atoms with Crippen molar-refractivity contribution in [1.82, 2.24) is 4.98 Å². The molecule has 0 spiro atoms. The van der Waals surface area contributed by atoms with Crippen LogP contribution in [-0.4, -0.2) is 23.3 Å². The van der Waals surface area contributed by atoms with Gasteiger partial charge in [-0.25, -0.2) is 4.98 Å². The smallest absolute Gasteiger partial charge is 0.237 e. The molecule has 5 nitrogen and oxygen atoms in total. The average Bonchev–Trinajstić information content (AvgIpc) is 2.68. The van der Waals surface area contributed by atoms with Gasteiger partial charge < -0.3 is 10.1 Å². The summed E-state index contributed by atoms with van der Waals surface area (Å²) < 4.78 is 5.12. The van der Waals surface area contributed by atoms with Crippen molar-refractivity contribution < 1.29 is 9.53 Å². The number of pyridine rings is 1. The lowest BCUT2D eigenvalue weighted by molar-refractivity contribution is -0.115. The van der Waals surface area contributed by atoms with E-state index in [1.165, 1.54) is 17.3 Å². The number of aromatic nitrogens is 1. The predicted octanol–water partition coefficient (Wildman–Crippen LogP) is 4.21. The highest BCUT2D eigenvalue weighted by molar-refractivity contribution is 8.00. The summed E-state index contributed by atoms with van der Waals surface area (Å²) >= 11 is 1.33. The Labute approximate surface area is 164 Å². The third-order valence-electron chi connectivity index (χ3n) is 4.73. The molecule has 1 amide bonds. The van der Waals surface area contributed by atoms with Crippen LogP contribution < -0.4 is 10.1 Å². The average molecular weight is 382 g/mol. The van der Waals surface area contributed by atoms with Gasteiger partial charge in [0.2, 0.25) is 5.91 Å². The molecule has 0 aliphatic heterocycles. The van der Waals surface area contributed by atoms with Crippen molar-refractivity contribution in [3.8, 4) is 11.8 Å². The summed E-state index contributed by atoms with van der Waals surface area (Å²) in [5, 5.41) is 12.7. The number of amides is 1. The van der Waals surface area contributed by atoms with Crippen molar-refractivity contribution in [2.75, 3.05) is 12.4 Å². The Morgan fingerprint density at radius 1 is 1.41 bits per heavy atom. The molecule has 0 fully saturated rings. The van der Waals surface area contributed by atoms with Crippen LogP contribution in [0, 0.1) is 17.2 Å². The molecule has 1 aromatic carbocycles. The van der Waals surface area contributed by atoms with E-state index in [4.69, 9.17) is 9.72 Å². The van der Waals surface area contributed by atoms with Crippen LogP contribution in [0.2, 0.25) is 0 Å². The number of nitrogens with one attached hydrogen (secondary N) is 1. The van der Waals surface area contributed by atoms with Crippen molar-refractivity contribution in [3.05, 3.63) is 47.2 Å². The molecule has 1 heterocycles. The highest BCUT2D eigenvalue weighted by Crippen LogP contribution is 2.31. The van der Waals surface area contributed by atoms with Gasteiger partial charge in [-0.2, -0.15) is 5.26 Å². The molecule has 0 bridgehead atoms. The normalized spacial score (nSPS) is 16.7. The zero-order valence-corrected chi connectivity index (χ0v) is 16.6. The number of thioether (sulfide) groups is 1. The zero-order valence-electron chi connectivity index (χ0n) is 15.8. The highest BCUT2D eigenvalue weighted by atomic mass is 32.2. The fourth-order valence-electron chi connectivity index (χ4n) is 3.14. The first-order valence-electron chi connectivity index (χ1n) is 9.04. The third kappa shape index (κ3) is 4.61. The van der Waals surface area contributed by atoms with Gasteiger partial charge >= 0.3 is 0 Å². The Bertz CT molecular complexity index is 874. The van der Waals surface area contributed by atoms with Gasteiger partial charge in [0.25, 0.3) is 0 Å². The number of carbonyl (C=O) groups excluding carboxylic acids is 1. The highest BCUT2D eigenvalue weighted by Gasteiger charge is 2.22. The summed E-state index contributed by atoms with van der Waals surface area (Å²) in [6.07, 6.45) is 3.02. The van der Waals surface area contributed by atoms with Crippen LogP contribution >= 0.6 is 11.8 Å². The topological polar surface area (TPSA) is 75.0 Å². The number of carbonyl (C=O) groups is 1. The number of nitrogens with zero attached hydrogens (tertiary/aromatic N) is 2. The van der Waals surface area contributed by atoms with Crippen LogP contribution in [0.1, 0.15) is 37.1 Å². The summed E-state index contributed by atoms with van der Waals surface area (Å²) in [7, 11) is 1.60. The van der Waals surface area contributed by atoms with E-state index < -0.39 is 0 Å². The maximum absolute atomic E-state index is 12.5. The molecule has 1 aliphatic carbocycles. The van der Waals surface area contributed by atoms with Gasteiger partial charge in [0.15, 0.2) is 0 Å². The first-order valence-corrected chi connectivity index (χ1v) is 9.92. The van der Waals surface area contributed by atoms with E-state index in [1.54, 1.807) is 31.4 Å². The number of benzene rings is 1. The number of methoxy groups -OCH3 is 1. The van der Waals surface area contributed by atoms with Gasteiger partial charge in [-0.1, -0.05) is 18.7 Å². The lowest BCUT2D eigenvalue weighted by Crippen LogP contribution is -2.23. The summed E-state index contributed by atoms with van der Waals surface area (Å²) in [6, 6.07) is 11.4. The Hall–Kier alpha value is -2.52. The molecular weight excluding hydrogens is 358 g/mol. The summed E-state index contributed by atoms with van der Waals surface area (Å²) in [5.41, 5.74) is 3.50. The van der Waals surface area contributed by atoms with Crippen LogP contribution in [0.4, 0.5) is 5.69 Å². The molecule has 3 rings (SSSR count). The van der Waals surface area contributed by atoms with Gasteiger partial charge in [-0.3, -0.25) is 4.79 Å². The second kappa shape index (κ2) is 8.45. The van der Waals surface area contributed by atoms with E-state index in [9.17, 15) is 10.1 Å². The first kappa shape index (κ1) is 19.2. The van der Waals surface area contributed by atoms with Crippen LogP contribution in [0.5, 0.6) is 5.75 Å². The summed E-state index contributed by atoms with van der Waals surface area (Å²) in [5.74, 6) is 1.24. The van der Waals surface area contributed by atoms with Crippen LogP contribution in [-0.2, 0) is 17.6 Å². The first-order chi connectivity index (χ1) is 13.0. The van der Waals surface area contributed by atoms with Gasteiger partial charge in [0.05, 0.1) is 17.9 Å². The molecule has 27 heavy (non-hydrogen) atoms. The molecule has 2 atom stereocenters. The number of fused-ring (bicyclic) bond motifs is 1. The molecule has 140 valence electrons. The Morgan fingerprint density at radius 2 is 2.15 bits per heavy atom. The van der Waals surface area contributed by atoms with Gasteiger partial charge in [0, 0.05) is 11.4 Å². The number of rotatable bonds is 5. The zero-order chi connectivity index (χ0) is 19.4. The Balaban J connectivity index is 1.71. The van der Waals surface area contributed by atoms with E-state index in [0.717, 1.165) is 30.7 Å². The molecule has 0 radical (unpaired) electrons. The van der Waals surface area contributed by atoms with Crippen LogP contribution in [0.15, 0.2) is 35.4 Å². The molecule has 2 unspecified atom stereocenters. The largest absolute Gasteiger partial charge is 0.497 e. The van der Waals surface area contributed by atoms with Gasteiger partial charge in [-0.15, -0.1) is 0 Å². The fourth-order valence-corrected chi connectivity index (χ4v) is 4.03. The number of aryl methyl sites for hydroxylation is 1. The molecule has 1 N–H and O–H groups in total. The maximum atomic E-state index is 12.5. The minimum absolute atomic E-state index is 0.123. The number of hydrogen-bond donors (Lipinski definition) is 1. The van der Waals surface area contributed by atoms with Crippen molar-refractivity contribution in [3.63, 3.8) is 0 Å². The number of anilines is 1. The van der Waals surface area contributed by atoms with Gasteiger partial charge in [0.1, 0.15) is 16.8 Å². The van der Waals surface area contributed by atoms with Crippen LogP contribution in [0.25, 0.3) is 0 Å². The lowest BCUT2D eigenvalue weighted by atomic mass is 9.87. The second-order valence-electron chi connectivity index (χ2n) is 6.88. The number of ether oxygens (including phenoxy) is 1. The summed E-state index contributed by atoms with van der Waals surface area (Å²) in [6.45, 7) is 4.05. The van der Waals surface area contributed by atoms with Crippen LogP contribution in [0.3, 0.4) is 0 Å². The number of hydrogen-bond acceptors (Lipinski definition) is 5. The molecule has 0 saturated heterocycles. The van der Waals surface area contributed by atoms with E-state index >= 15 is 0 Å². The van der Waals surface area contributed by atoms with E-state index in [1.807, 2.05) is 13.0 Å². The van der Waals surface area contributed by atoms with E-state index in [0.29, 0.717) is 22.2 Å². The maximum Gasteiger partial charge on any atom is 0.237 e. The lowest BCUT2D eigenvalue weighted by Gasteiger charge is -2.22. The van der Waals surface area contributed by atoms with E-state index in [-0.39, 0.29) is 11.2 Å². The SMILES string of the molecule is COc1ccc(NC(=O)C(C)Sc2nc3c(cc2C#N)CC(C)CC3)cc1. The number of nitriles is 1. The van der Waals surface area contributed by atoms with Crippen molar-refractivity contribution in [2.24, 2.45) is 5.92 Å². The monoisotopic (exact) mass is 381 g/mol. The van der Waals surface area contributed by atoms with Crippen molar-refractivity contribution in [2.45, 2.75) is 43.4 Å². The van der Waals surface area contributed by atoms with Gasteiger partial charge in [-0.05, 0) is 68.0 Å². The summed E-state index contributed by atoms with van der Waals surface area (Å²) in [4.78, 5) is 17.2. The van der Waals surface area contributed by atoms with Crippen molar-refractivity contribution >= 4 is 23.4 Å². The molecule has 6 heteroatoms. The molecule has 2 aromatic rings. The quantitative estimate of drug-likeness (QED) is 0.786. The molecule has 1 aromatic heterocycles. The standard InChI is InChI=1S/C21H23N3O2S/c1-13-4-9-19-15(10-13)11-16(12-22)21(24-19)27-14(2)20(25)23-17-5-7-18(26-3)8-6-17/h5-8,11,13-14H,4,9-10H2,1-3H3,(H,23,25). The minimum atomic E-state index is -0.368. The van der Waals surface area contributed by atoms with Crippen molar-refractivity contribution in [1.29, 1.82) is 5.26 Å². The Kier molecular flexibility index (Phi) is 6.02. The van der Waals surface area contributed by atoms with E-state index in [2.05, 4.69) is 18.3 Å².